The second kappa shape index (κ2) is 6.67. The second-order valence-corrected chi connectivity index (χ2v) is 7.65. The number of thiol groups is 1. The van der Waals surface area contributed by atoms with Gasteiger partial charge in [-0.25, -0.2) is 4.39 Å². The van der Waals surface area contributed by atoms with Crippen LogP contribution in [0.15, 0.2) is 41.9 Å². The normalized spacial score (nSPS) is 23.6. The van der Waals surface area contributed by atoms with Crippen LogP contribution in [0.25, 0.3) is 5.70 Å². The number of aromatic nitrogens is 1. The maximum atomic E-state index is 13.6. The highest BCUT2D eigenvalue weighted by atomic mass is 32.1. The van der Waals surface area contributed by atoms with Gasteiger partial charge in [-0.3, -0.25) is 0 Å². The number of nitrogens with zero attached hydrogens (tertiary/aromatic N) is 1. The molecular weight excluding hydrogens is 319 g/mol. The maximum absolute atomic E-state index is 13.6. The van der Waals surface area contributed by atoms with Gasteiger partial charge < -0.3 is 10.3 Å². The molecule has 0 aliphatic heterocycles. The zero-order valence-corrected chi connectivity index (χ0v) is 15.2. The van der Waals surface area contributed by atoms with Crippen LogP contribution in [0.1, 0.15) is 42.6 Å². The van der Waals surface area contributed by atoms with Crippen LogP contribution in [-0.4, -0.2) is 4.57 Å². The van der Waals surface area contributed by atoms with Crippen molar-refractivity contribution in [2.75, 3.05) is 0 Å². The van der Waals surface area contributed by atoms with E-state index in [9.17, 15) is 4.39 Å². The Morgan fingerprint density at radius 1 is 1.38 bits per heavy atom. The first-order valence-electron chi connectivity index (χ1n) is 8.45. The molecule has 1 heterocycles. The van der Waals surface area contributed by atoms with E-state index in [1.807, 2.05) is 6.07 Å². The summed E-state index contributed by atoms with van der Waals surface area (Å²) >= 11 is 4.29. The zero-order valence-electron chi connectivity index (χ0n) is 14.3. The monoisotopic (exact) mass is 344 g/mol. The molecule has 0 spiro atoms. The summed E-state index contributed by atoms with van der Waals surface area (Å²) in [4.78, 5) is 0.694. The molecule has 0 radical (unpaired) electrons. The summed E-state index contributed by atoms with van der Waals surface area (Å²) < 4.78 is 15.9. The van der Waals surface area contributed by atoms with E-state index < -0.39 is 0 Å². The number of rotatable bonds is 4. The molecule has 1 aliphatic carbocycles. The van der Waals surface area contributed by atoms with Crippen LogP contribution in [0.3, 0.4) is 0 Å². The molecule has 1 saturated carbocycles. The van der Waals surface area contributed by atoms with Crippen molar-refractivity contribution < 1.29 is 4.39 Å². The lowest BCUT2D eigenvalue weighted by Crippen LogP contribution is -2.09. The molecule has 1 fully saturated rings. The number of hydrogen-bond acceptors (Lipinski definition) is 2. The Bertz CT molecular complexity index is 745. The van der Waals surface area contributed by atoms with E-state index in [1.165, 1.54) is 11.8 Å². The van der Waals surface area contributed by atoms with E-state index in [0.29, 0.717) is 28.5 Å². The first-order chi connectivity index (χ1) is 11.3. The van der Waals surface area contributed by atoms with Gasteiger partial charge in [0.1, 0.15) is 5.82 Å². The number of halogens is 1. The molecule has 0 amide bonds. The van der Waals surface area contributed by atoms with Crippen molar-refractivity contribution >= 4 is 18.3 Å². The van der Waals surface area contributed by atoms with Crippen molar-refractivity contribution in [1.82, 2.24) is 4.57 Å². The fourth-order valence-electron chi connectivity index (χ4n) is 4.13. The fourth-order valence-corrected chi connectivity index (χ4v) is 4.42. The molecule has 2 aromatic rings. The largest absolute Gasteiger partial charge is 0.399 e. The first-order valence-corrected chi connectivity index (χ1v) is 8.90. The highest BCUT2D eigenvalue weighted by Gasteiger charge is 2.33. The molecule has 2 N–H and O–H groups in total. The predicted molar refractivity (Wildman–Crippen MR) is 101 cm³/mol. The van der Waals surface area contributed by atoms with Crippen LogP contribution < -0.4 is 5.73 Å². The first kappa shape index (κ1) is 17.2. The third-order valence-electron chi connectivity index (χ3n) is 5.38. The minimum Gasteiger partial charge on any atom is -0.399 e. The van der Waals surface area contributed by atoms with E-state index in [2.05, 4.69) is 49.9 Å². The Hall–Kier alpha value is -1.68. The number of nitrogens with two attached hydrogens (primary N) is 1. The summed E-state index contributed by atoms with van der Waals surface area (Å²) in [5.74, 6) is 0.955. The van der Waals surface area contributed by atoms with E-state index in [1.54, 1.807) is 6.07 Å². The van der Waals surface area contributed by atoms with Crippen molar-refractivity contribution in [1.29, 1.82) is 0 Å². The van der Waals surface area contributed by atoms with Gasteiger partial charge in [0.25, 0.3) is 0 Å². The minimum absolute atomic E-state index is 0.202. The van der Waals surface area contributed by atoms with Crippen LogP contribution in [-0.2, 0) is 6.42 Å². The summed E-state index contributed by atoms with van der Waals surface area (Å²) in [7, 11) is 0. The lowest BCUT2D eigenvalue weighted by molar-refractivity contribution is 0.415. The zero-order chi connectivity index (χ0) is 17.4. The molecular formula is C20H25FN2S. The third-order valence-corrected chi connectivity index (χ3v) is 5.64. The lowest BCUT2D eigenvalue weighted by Gasteiger charge is -2.17. The molecule has 4 heteroatoms. The van der Waals surface area contributed by atoms with Crippen LogP contribution in [0.2, 0.25) is 0 Å². The number of hydrogen-bond donors (Lipinski definition) is 2. The van der Waals surface area contributed by atoms with Gasteiger partial charge in [-0.05, 0) is 67.9 Å². The molecule has 2 nitrogen and oxygen atoms in total. The maximum Gasteiger partial charge on any atom is 0.124 e. The molecule has 24 heavy (non-hydrogen) atoms. The van der Waals surface area contributed by atoms with Crippen molar-refractivity contribution in [2.24, 2.45) is 17.6 Å². The lowest BCUT2D eigenvalue weighted by atomic mass is 9.91. The Labute approximate surface area is 149 Å². The minimum atomic E-state index is -0.202. The molecule has 0 saturated heterocycles. The summed E-state index contributed by atoms with van der Waals surface area (Å²) in [5, 5.41) is 0. The smallest absolute Gasteiger partial charge is 0.124 e. The molecule has 3 unspecified atom stereocenters. The van der Waals surface area contributed by atoms with Gasteiger partial charge in [0.15, 0.2) is 0 Å². The average molecular weight is 344 g/mol. The van der Waals surface area contributed by atoms with Crippen LogP contribution in [0, 0.1) is 24.6 Å². The average Bonchev–Trinajstić information content (AvgIpc) is 3.01. The van der Waals surface area contributed by atoms with Gasteiger partial charge in [-0.2, -0.15) is 0 Å². The van der Waals surface area contributed by atoms with Crippen molar-refractivity contribution in [3.05, 3.63) is 59.7 Å². The van der Waals surface area contributed by atoms with Crippen molar-refractivity contribution in [3.63, 3.8) is 0 Å². The molecule has 1 aliphatic rings. The Balaban J connectivity index is 1.76. The van der Waals surface area contributed by atoms with Crippen molar-refractivity contribution in [3.8, 4) is 0 Å². The number of benzene rings is 1. The van der Waals surface area contributed by atoms with Gasteiger partial charge in [0.05, 0.1) is 0 Å². The van der Waals surface area contributed by atoms with Crippen LogP contribution in [0.4, 0.5) is 4.39 Å². The van der Waals surface area contributed by atoms with Gasteiger partial charge >= 0.3 is 0 Å². The van der Waals surface area contributed by atoms with Crippen LogP contribution in [0.5, 0.6) is 0 Å². The standard InChI is InChI=1S/C20H25FN2S/c1-12-6-18(23-5-4-20(13(2)22)14(23)3)10-16(12)7-15-8-17(21)11-19(24)9-15/h4-5,8-9,11-12,16,18,24H,2,6-7,10,22H2,1,3H3. The predicted octanol–water partition coefficient (Wildman–Crippen LogP) is 4.98. The Morgan fingerprint density at radius 2 is 2.12 bits per heavy atom. The Morgan fingerprint density at radius 3 is 2.75 bits per heavy atom. The van der Waals surface area contributed by atoms with Gasteiger partial charge in [-0.1, -0.05) is 13.5 Å². The van der Waals surface area contributed by atoms with Gasteiger partial charge in [0, 0.05) is 34.1 Å². The molecule has 0 bridgehead atoms. The van der Waals surface area contributed by atoms with E-state index in [0.717, 1.165) is 30.4 Å². The molecule has 128 valence electrons. The molecule has 3 rings (SSSR count). The van der Waals surface area contributed by atoms with E-state index in [4.69, 9.17) is 5.73 Å². The fraction of sp³-hybridized carbons (Fsp3) is 0.400. The van der Waals surface area contributed by atoms with E-state index >= 15 is 0 Å². The topological polar surface area (TPSA) is 30.9 Å². The van der Waals surface area contributed by atoms with Gasteiger partial charge in [0.2, 0.25) is 0 Å². The summed E-state index contributed by atoms with van der Waals surface area (Å²) in [6.45, 7) is 8.25. The Kier molecular flexibility index (Phi) is 4.77. The highest BCUT2D eigenvalue weighted by Crippen LogP contribution is 2.42. The SMILES string of the molecule is C=C(N)c1ccn(C2CC(C)C(Cc3cc(F)cc(S)c3)C2)c1C. The second-order valence-electron chi connectivity index (χ2n) is 7.13. The molecule has 1 aromatic carbocycles. The summed E-state index contributed by atoms with van der Waals surface area (Å²) in [5.41, 5.74) is 9.74. The quantitative estimate of drug-likeness (QED) is 0.753. The summed E-state index contributed by atoms with van der Waals surface area (Å²) in [6.07, 6.45) is 5.27. The molecule has 3 atom stereocenters. The van der Waals surface area contributed by atoms with E-state index in [-0.39, 0.29) is 5.82 Å². The highest BCUT2D eigenvalue weighted by molar-refractivity contribution is 7.80. The third kappa shape index (κ3) is 3.39. The van der Waals surface area contributed by atoms with Crippen LogP contribution >= 0.6 is 12.6 Å². The van der Waals surface area contributed by atoms with Crippen molar-refractivity contribution in [2.45, 2.75) is 44.0 Å². The van der Waals surface area contributed by atoms with Gasteiger partial charge in [-0.15, -0.1) is 12.6 Å². The summed E-state index contributed by atoms with van der Waals surface area (Å²) in [6, 6.07) is 7.59. The molecule has 1 aromatic heterocycles.